The van der Waals surface area contributed by atoms with E-state index < -0.39 is 0 Å². The summed E-state index contributed by atoms with van der Waals surface area (Å²) in [5.74, 6) is 0. The standard InChI is InChI=1S/C11H7ClN/c12-10-6-2-1-5-9(10)11-7-3-4-8-13-11/h1,3-8H. The molecule has 0 aliphatic carbocycles. The van der Waals surface area contributed by atoms with Gasteiger partial charge in [-0.3, -0.25) is 4.98 Å². The van der Waals surface area contributed by atoms with Crippen LogP contribution in [0.5, 0.6) is 0 Å². The van der Waals surface area contributed by atoms with Crippen LogP contribution in [0.15, 0.2) is 42.6 Å². The van der Waals surface area contributed by atoms with Crippen molar-refractivity contribution in [3.05, 3.63) is 53.7 Å². The van der Waals surface area contributed by atoms with Crippen LogP contribution in [0.25, 0.3) is 11.3 Å². The molecule has 0 aliphatic rings. The first-order valence-electron chi connectivity index (χ1n) is 3.95. The van der Waals surface area contributed by atoms with E-state index in [1.807, 2.05) is 30.3 Å². The zero-order chi connectivity index (χ0) is 9.10. The largest absolute Gasteiger partial charge is 0.256 e. The van der Waals surface area contributed by atoms with Gasteiger partial charge in [0.15, 0.2) is 0 Å². The van der Waals surface area contributed by atoms with E-state index in [4.69, 9.17) is 11.6 Å². The molecule has 2 aromatic rings. The summed E-state index contributed by atoms with van der Waals surface area (Å²) in [5.41, 5.74) is 1.84. The Bertz CT molecular complexity index is 398. The normalized spacial score (nSPS) is 9.92. The van der Waals surface area contributed by atoms with Crippen molar-refractivity contribution in [3.8, 4) is 11.3 Å². The molecule has 1 radical (unpaired) electrons. The van der Waals surface area contributed by atoms with Crippen molar-refractivity contribution >= 4 is 11.6 Å². The highest BCUT2D eigenvalue weighted by molar-refractivity contribution is 6.33. The molecule has 2 rings (SSSR count). The first-order chi connectivity index (χ1) is 6.38. The van der Waals surface area contributed by atoms with Gasteiger partial charge in [-0.15, -0.1) is 0 Å². The fourth-order valence-corrected chi connectivity index (χ4v) is 1.36. The molecule has 0 atom stereocenters. The molecule has 13 heavy (non-hydrogen) atoms. The predicted octanol–water partition coefficient (Wildman–Crippen LogP) is 3.20. The number of hydrogen-bond donors (Lipinski definition) is 0. The number of halogens is 1. The van der Waals surface area contributed by atoms with Gasteiger partial charge >= 0.3 is 0 Å². The minimum Gasteiger partial charge on any atom is -0.256 e. The van der Waals surface area contributed by atoms with Crippen molar-refractivity contribution in [2.45, 2.75) is 0 Å². The molecule has 1 nitrogen and oxygen atoms in total. The van der Waals surface area contributed by atoms with Gasteiger partial charge in [-0.25, -0.2) is 0 Å². The summed E-state index contributed by atoms with van der Waals surface area (Å²) >= 11 is 5.99. The second-order valence-electron chi connectivity index (χ2n) is 2.62. The number of pyridine rings is 1. The molecule has 63 valence electrons. The maximum atomic E-state index is 5.99. The van der Waals surface area contributed by atoms with Crippen LogP contribution in [0.4, 0.5) is 0 Å². The van der Waals surface area contributed by atoms with Gasteiger partial charge in [0, 0.05) is 11.8 Å². The van der Waals surface area contributed by atoms with Crippen LogP contribution in [0.2, 0.25) is 5.02 Å². The highest BCUT2D eigenvalue weighted by Gasteiger charge is 2.01. The zero-order valence-corrected chi connectivity index (χ0v) is 7.62. The third kappa shape index (κ3) is 1.70. The molecule has 0 saturated heterocycles. The molecule has 1 heterocycles. The second kappa shape index (κ2) is 3.58. The van der Waals surface area contributed by atoms with Crippen molar-refractivity contribution in [1.29, 1.82) is 0 Å². The Labute approximate surface area is 82.0 Å². The molecule has 0 amide bonds. The summed E-state index contributed by atoms with van der Waals surface area (Å²) < 4.78 is 0. The van der Waals surface area contributed by atoms with Crippen LogP contribution >= 0.6 is 11.6 Å². The van der Waals surface area contributed by atoms with Crippen LogP contribution in [0, 0.1) is 6.07 Å². The summed E-state index contributed by atoms with van der Waals surface area (Å²) in [6, 6.07) is 14.1. The van der Waals surface area contributed by atoms with Gasteiger partial charge in [0.1, 0.15) is 0 Å². The monoisotopic (exact) mass is 188 g/mol. The van der Waals surface area contributed by atoms with Gasteiger partial charge in [0.25, 0.3) is 0 Å². The van der Waals surface area contributed by atoms with Crippen molar-refractivity contribution in [3.63, 3.8) is 0 Å². The summed E-state index contributed by atoms with van der Waals surface area (Å²) in [4.78, 5) is 4.21. The lowest BCUT2D eigenvalue weighted by Crippen LogP contribution is -1.82. The van der Waals surface area contributed by atoms with E-state index in [1.54, 1.807) is 12.3 Å². The first kappa shape index (κ1) is 8.27. The summed E-state index contributed by atoms with van der Waals surface area (Å²) in [6.07, 6.45) is 1.75. The third-order valence-corrected chi connectivity index (χ3v) is 2.07. The molecule has 0 aliphatic heterocycles. The highest BCUT2D eigenvalue weighted by atomic mass is 35.5. The Hall–Kier alpha value is -1.34. The van der Waals surface area contributed by atoms with Crippen molar-refractivity contribution in [2.75, 3.05) is 0 Å². The molecule has 1 aromatic carbocycles. The van der Waals surface area contributed by atoms with Crippen LogP contribution in [-0.4, -0.2) is 4.98 Å². The van der Waals surface area contributed by atoms with Crippen LogP contribution in [0.1, 0.15) is 0 Å². The lowest BCUT2D eigenvalue weighted by Gasteiger charge is -2.01. The lowest BCUT2D eigenvalue weighted by atomic mass is 10.1. The Morgan fingerprint density at radius 3 is 2.85 bits per heavy atom. The van der Waals surface area contributed by atoms with E-state index >= 15 is 0 Å². The van der Waals surface area contributed by atoms with Gasteiger partial charge in [-0.05, 0) is 24.3 Å². The minimum absolute atomic E-state index is 0.682. The predicted molar refractivity (Wildman–Crippen MR) is 53.5 cm³/mol. The first-order valence-corrected chi connectivity index (χ1v) is 4.33. The fourth-order valence-electron chi connectivity index (χ4n) is 1.14. The number of nitrogens with zero attached hydrogens (tertiary/aromatic N) is 1. The van der Waals surface area contributed by atoms with Crippen molar-refractivity contribution < 1.29 is 0 Å². The third-order valence-electron chi connectivity index (χ3n) is 1.75. The molecule has 0 unspecified atom stereocenters. The molecular weight excluding hydrogens is 182 g/mol. The van der Waals surface area contributed by atoms with Gasteiger partial charge in [-0.1, -0.05) is 29.8 Å². The van der Waals surface area contributed by atoms with E-state index in [-0.39, 0.29) is 0 Å². The number of hydrogen-bond acceptors (Lipinski definition) is 1. The van der Waals surface area contributed by atoms with Gasteiger partial charge < -0.3 is 0 Å². The highest BCUT2D eigenvalue weighted by Crippen LogP contribution is 2.24. The molecular formula is C11H7ClN. The molecule has 0 fully saturated rings. The molecule has 1 aromatic heterocycles. The maximum absolute atomic E-state index is 5.99. The molecule has 0 bridgehead atoms. The SMILES string of the molecule is Clc1c[c]ccc1-c1ccccn1. The number of benzene rings is 1. The van der Waals surface area contributed by atoms with E-state index in [0.29, 0.717) is 5.02 Å². The van der Waals surface area contributed by atoms with E-state index in [2.05, 4.69) is 11.1 Å². The fraction of sp³-hybridized carbons (Fsp3) is 0. The Morgan fingerprint density at radius 1 is 1.23 bits per heavy atom. The average Bonchev–Trinajstić information content (AvgIpc) is 2.20. The lowest BCUT2D eigenvalue weighted by molar-refractivity contribution is 1.33. The smallest absolute Gasteiger partial charge is 0.0716 e. The van der Waals surface area contributed by atoms with Crippen molar-refractivity contribution in [2.24, 2.45) is 0 Å². The maximum Gasteiger partial charge on any atom is 0.0716 e. The topological polar surface area (TPSA) is 12.9 Å². The zero-order valence-electron chi connectivity index (χ0n) is 6.87. The molecule has 0 N–H and O–H groups in total. The number of rotatable bonds is 1. The van der Waals surface area contributed by atoms with E-state index in [1.165, 1.54) is 0 Å². The Balaban J connectivity index is 2.54. The van der Waals surface area contributed by atoms with E-state index in [0.717, 1.165) is 11.3 Å². The quantitative estimate of drug-likeness (QED) is 0.670. The minimum atomic E-state index is 0.682. The van der Waals surface area contributed by atoms with Crippen molar-refractivity contribution in [1.82, 2.24) is 4.98 Å². The second-order valence-corrected chi connectivity index (χ2v) is 3.03. The Morgan fingerprint density at radius 2 is 2.15 bits per heavy atom. The Kier molecular flexibility index (Phi) is 2.28. The molecule has 0 spiro atoms. The van der Waals surface area contributed by atoms with E-state index in [9.17, 15) is 0 Å². The molecule has 2 heteroatoms. The summed E-state index contributed by atoms with van der Waals surface area (Å²) in [6.45, 7) is 0. The number of aromatic nitrogens is 1. The van der Waals surface area contributed by atoms with Gasteiger partial charge in [0.05, 0.1) is 10.7 Å². The summed E-state index contributed by atoms with van der Waals surface area (Å²) in [5, 5.41) is 0.682. The van der Waals surface area contributed by atoms with Crippen LogP contribution < -0.4 is 0 Å². The van der Waals surface area contributed by atoms with Gasteiger partial charge in [0.2, 0.25) is 0 Å². The molecule has 0 saturated carbocycles. The van der Waals surface area contributed by atoms with Crippen LogP contribution in [0.3, 0.4) is 0 Å². The van der Waals surface area contributed by atoms with Crippen LogP contribution in [-0.2, 0) is 0 Å². The van der Waals surface area contributed by atoms with Gasteiger partial charge in [-0.2, -0.15) is 0 Å². The summed E-state index contributed by atoms with van der Waals surface area (Å²) in [7, 11) is 0. The average molecular weight is 189 g/mol.